The molecule has 2 atom stereocenters. The third-order valence-corrected chi connectivity index (χ3v) is 7.49. The molecule has 194 valence electrons. The Morgan fingerprint density at radius 3 is 2.11 bits per heavy atom. The highest BCUT2D eigenvalue weighted by atomic mass is 32.2. The molecule has 3 rings (SSSR count). The van der Waals surface area contributed by atoms with Gasteiger partial charge < -0.3 is 14.4 Å². The average Bonchev–Trinajstić information content (AvgIpc) is 3.26. The fourth-order valence-electron chi connectivity index (χ4n) is 4.49. The average molecular weight is 512 g/mol. The van der Waals surface area contributed by atoms with Crippen LogP contribution in [-0.4, -0.2) is 53.6 Å². The molecule has 2 aromatic carbocycles. The number of likely N-dealkylation sites (tertiary alicyclic amines) is 1. The molecule has 1 aliphatic heterocycles. The first-order chi connectivity index (χ1) is 16.8. The maximum absolute atomic E-state index is 13.7. The Kier molecular flexibility index (Phi) is 8.55. The molecule has 0 radical (unpaired) electrons. The summed E-state index contributed by atoms with van der Waals surface area (Å²) in [4.78, 5) is 41.2. The van der Waals surface area contributed by atoms with Gasteiger partial charge in [0.15, 0.2) is 17.2 Å². The van der Waals surface area contributed by atoms with E-state index in [1.807, 2.05) is 70.3 Å². The SMILES string of the molecule is CSc1ccc(C(=O)[C@H]2CN(C(=O)OC(C)C)C[C@@H]2c2cc(C)c(OC(C)(C)C(C)=O)c(C)c2)cc1. The lowest BCUT2D eigenvalue weighted by Crippen LogP contribution is -2.36. The highest BCUT2D eigenvalue weighted by molar-refractivity contribution is 7.98. The van der Waals surface area contributed by atoms with E-state index in [2.05, 4.69) is 0 Å². The van der Waals surface area contributed by atoms with Crippen molar-refractivity contribution in [3.63, 3.8) is 0 Å². The van der Waals surface area contributed by atoms with Crippen molar-refractivity contribution >= 4 is 29.4 Å². The number of hydrogen-bond donors (Lipinski definition) is 0. The Labute approximate surface area is 218 Å². The second-order valence-electron chi connectivity index (χ2n) is 10.3. The van der Waals surface area contributed by atoms with E-state index in [0.29, 0.717) is 24.4 Å². The maximum Gasteiger partial charge on any atom is 0.410 e. The van der Waals surface area contributed by atoms with Crippen LogP contribution in [0.15, 0.2) is 41.3 Å². The molecule has 2 aromatic rings. The van der Waals surface area contributed by atoms with Gasteiger partial charge in [0.25, 0.3) is 0 Å². The van der Waals surface area contributed by atoms with Crippen molar-refractivity contribution in [3.05, 3.63) is 58.7 Å². The highest BCUT2D eigenvalue weighted by Crippen LogP contribution is 2.39. The molecule has 1 aliphatic rings. The summed E-state index contributed by atoms with van der Waals surface area (Å²) in [5.74, 6) is 0.0387. The van der Waals surface area contributed by atoms with Gasteiger partial charge in [-0.15, -0.1) is 11.8 Å². The zero-order valence-corrected chi connectivity index (χ0v) is 23.3. The molecule has 0 unspecified atom stereocenters. The monoisotopic (exact) mass is 511 g/mol. The van der Waals surface area contributed by atoms with Gasteiger partial charge in [-0.25, -0.2) is 4.79 Å². The van der Waals surface area contributed by atoms with Crippen molar-refractivity contribution in [1.82, 2.24) is 4.90 Å². The minimum Gasteiger partial charge on any atom is -0.480 e. The summed E-state index contributed by atoms with van der Waals surface area (Å²) in [5, 5.41) is 0. The maximum atomic E-state index is 13.7. The van der Waals surface area contributed by atoms with E-state index in [1.54, 1.807) is 30.5 Å². The van der Waals surface area contributed by atoms with E-state index in [-0.39, 0.29) is 23.6 Å². The number of carbonyl (C=O) groups excluding carboxylic acids is 3. The first-order valence-corrected chi connectivity index (χ1v) is 13.5. The van der Waals surface area contributed by atoms with Crippen LogP contribution in [-0.2, 0) is 9.53 Å². The summed E-state index contributed by atoms with van der Waals surface area (Å²) in [6.07, 6.45) is 1.35. The molecule has 0 spiro atoms. The summed E-state index contributed by atoms with van der Waals surface area (Å²) in [6, 6.07) is 11.6. The van der Waals surface area contributed by atoms with Crippen molar-refractivity contribution in [1.29, 1.82) is 0 Å². The molecule has 0 bridgehead atoms. The number of aryl methyl sites for hydroxylation is 2. The van der Waals surface area contributed by atoms with Crippen LogP contribution in [0.1, 0.15) is 67.6 Å². The number of nitrogens with zero attached hydrogens (tertiary/aromatic N) is 1. The molecular weight excluding hydrogens is 474 g/mol. The molecule has 1 heterocycles. The number of carbonyl (C=O) groups is 3. The molecule has 0 N–H and O–H groups in total. The zero-order chi connectivity index (χ0) is 26.8. The molecule has 1 amide bonds. The lowest BCUT2D eigenvalue weighted by atomic mass is 9.82. The number of thioether (sulfide) groups is 1. The van der Waals surface area contributed by atoms with Crippen molar-refractivity contribution in [2.75, 3.05) is 19.3 Å². The molecule has 0 saturated carbocycles. The smallest absolute Gasteiger partial charge is 0.410 e. The van der Waals surface area contributed by atoms with Crippen LogP contribution in [0, 0.1) is 19.8 Å². The fraction of sp³-hybridized carbons (Fsp3) is 0.483. The third-order valence-electron chi connectivity index (χ3n) is 6.74. The van der Waals surface area contributed by atoms with Crippen LogP contribution >= 0.6 is 11.8 Å². The summed E-state index contributed by atoms with van der Waals surface area (Å²) >= 11 is 1.63. The number of rotatable bonds is 8. The third kappa shape index (κ3) is 6.12. The van der Waals surface area contributed by atoms with Gasteiger partial charge >= 0.3 is 6.09 Å². The highest BCUT2D eigenvalue weighted by Gasteiger charge is 2.42. The largest absolute Gasteiger partial charge is 0.480 e. The topological polar surface area (TPSA) is 72.9 Å². The van der Waals surface area contributed by atoms with E-state index < -0.39 is 17.6 Å². The molecular formula is C29H37NO5S. The molecule has 0 aliphatic carbocycles. The van der Waals surface area contributed by atoms with Gasteiger partial charge in [-0.05, 0) is 83.5 Å². The second kappa shape index (κ2) is 11.1. The van der Waals surface area contributed by atoms with Gasteiger partial charge in [-0.2, -0.15) is 0 Å². The number of amides is 1. The molecule has 36 heavy (non-hydrogen) atoms. The normalized spacial score (nSPS) is 17.9. The Morgan fingerprint density at radius 1 is 1.03 bits per heavy atom. The fourth-order valence-corrected chi connectivity index (χ4v) is 4.90. The molecule has 0 aromatic heterocycles. The van der Waals surface area contributed by atoms with Crippen LogP contribution in [0.25, 0.3) is 0 Å². The number of benzene rings is 2. The summed E-state index contributed by atoms with van der Waals surface area (Å²) in [6.45, 7) is 13.2. The van der Waals surface area contributed by atoms with E-state index >= 15 is 0 Å². The van der Waals surface area contributed by atoms with Gasteiger partial charge in [0, 0.05) is 35.4 Å². The van der Waals surface area contributed by atoms with Gasteiger partial charge in [-0.1, -0.05) is 24.3 Å². The zero-order valence-electron chi connectivity index (χ0n) is 22.5. The van der Waals surface area contributed by atoms with Crippen LogP contribution in [0.5, 0.6) is 5.75 Å². The van der Waals surface area contributed by atoms with E-state index in [1.165, 1.54) is 6.92 Å². The van der Waals surface area contributed by atoms with Gasteiger partial charge in [0.2, 0.25) is 0 Å². The van der Waals surface area contributed by atoms with Gasteiger partial charge in [0.1, 0.15) is 5.75 Å². The van der Waals surface area contributed by atoms with E-state index in [0.717, 1.165) is 21.6 Å². The molecule has 7 heteroatoms. The van der Waals surface area contributed by atoms with Crippen molar-refractivity contribution in [2.24, 2.45) is 5.92 Å². The minimum atomic E-state index is -0.941. The van der Waals surface area contributed by atoms with Gasteiger partial charge in [-0.3, -0.25) is 9.59 Å². The minimum absolute atomic E-state index is 0.0147. The lowest BCUT2D eigenvalue weighted by molar-refractivity contribution is -0.129. The Morgan fingerprint density at radius 2 is 1.61 bits per heavy atom. The van der Waals surface area contributed by atoms with E-state index in [4.69, 9.17) is 9.47 Å². The molecule has 6 nitrogen and oxygen atoms in total. The van der Waals surface area contributed by atoms with Crippen LogP contribution in [0.4, 0.5) is 4.79 Å². The van der Waals surface area contributed by atoms with Crippen LogP contribution in [0.2, 0.25) is 0 Å². The number of Topliss-reactive ketones (excluding diaryl/α,β-unsaturated/α-hetero) is 2. The van der Waals surface area contributed by atoms with Crippen molar-refractivity contribution in [3.8, 4) is 5.75 Å². The summed E-state index contributed by atoms with van der Waals surface area (Å²) in [5.41, 5.74) is 2.44. The number of hydrogen-bond acceptors (Lipinski definition) is 6. The first kappa shape index (κ1) is 27.8. The lowest BCUT2D eigenvalue weighted by Gasteiger charge is -2.27. The summed E-state index contributed by atoms with van der Waals surface area (Å²) < 4.78 is 11.6. The first-order valence-electron chi connectivity index (χ1n) is 12.3. The molecule has 1 saturated heterocycles. The predicted octanol–water partition coefficient (Wildman–Crippen LogP) is 6.22. The predicted molar refractivity (Wildman–Crippen MR) is 143 cm³/mol. The number of ketones is 2. The molecule has 1 fully saturated rings. The van der Waals surface area contributed by atoms with Crippen molar-refractivity contribution < 1.29 is 23.9 Å². The standard InChI is InChI=1S/C29H37NO5S/c1-17(2)34-28(33)30-15-24(25(16-30)26(32)21-9-11-23(36-8)12-10-21)22-13-18(3)27(19(4)14-22)35-29(6,7)20(5)31/h9-14,17,24-25H,15-16H2,1-8H3/t24-,25+/m1/s1. The quantitative estimate of drug-likeness (QED) is 0.310. The Balaban J connectivity index is 1.98. The van der Waals surface area contributed by atoms with Crippen LogP contribution < -0.4 is 4.74 Å². The van der Waals surface area contributed by atoms with Gasteiger partial charge in [0.05, 0.1) is 6.10 Å². The second-order valence-corrected chi connectivity index (χ2v) is 11.2. The summed E-state index contributed by atoms with van der Waals surface area (Å²) in [7, 11) is 0. The Hall–Kier alpha value is -2.80. The van der Waals surface area contributed by atoms with Crippen molar-refractivity contribution in [2.45, 2.75) is 71.0 Å². The Bertz CT molecular complexity index is 1120. The van der Waals surface area contributed by atoms with E-state index in [9.17, 15) is 14.4 Å². The number of ether oxygens (including phenoxy) is 2. The van der Waals surface area contributed by atoms with Crippen LogP contribution in [0.3, 0.4) is 0 Å².